The summed E-state index contributed by atoms with van der Waals surface area (Å²) in [6.45, 7) is 1.52. The molecule has 0 radical (unpaired) electrons. The van der Waals surface area contributed by atoms with Crippen LogP contribution in [-0.4, -0.2) is 17.6 Å². The van der Waals surface area contributed by atoms with Gasteiger partial charge in [0.25, 0.3) is 0 Å². The second kappa shape index (κ2) is 7.85. The number of pyridine rings is 1. The molecule has 0 atom stereocenters. The molecule has 30 heavy (non-hydrogen) atoms. The number of carbonyl (C=O) groups excluding carboxylic acids is 1. The van der Waals surface area contributed by atoms with Gasteiger partial charge < -0.3 is 10.1 Å². The predicted octanol–water partition coefficient (Wildman–Crippen LogP) is 6.19. The van der Waals surface area contributed by atoms with E-state index in [2.05, 4.69) is 10.3 Å². The summed E-state index contributed by atoms with van der Waals surface area (Å²) in [5, 5.41) is 2.55. The van der Waals surface area contributed by atoms with Gasteiger partial charge in [0.05, 0.1) is 28.9 Å². The van der Waals surface area contributed by atoms with Gasteiger partial charge in [-0.1, -0.05) is 6.07 Å². The average Bonchev–Trinajstić information content (AvgIpc) is 2.67. The number of halogens is 6. The first-order valence-corrected chi connectivity index (χ1v) is 8.62. The van der Waals surface area contributed by atoms with Gasteiger partial charge in [-0.2, -0.15) is 26.3 Å². The van der Waals surface area contributed by atoms with E-state index in [0.717, 1.165) is 42.6 Å². The number of alkyl halides is 6. The zero-order valence-electron chi connectivity index (χ0n) is 15.4. The molecule has 0 amide bonds. The Hall–Kier alpha value is -3.30. The van der Waals surface area contributed by atoms with Crippen molar-refractivity contribution >= 4 is 28.2 Å². The van der Waals surface area contributed by atoms with Gasteiger partial charge in [0, 0.05) is 17.3 Å². The molecule has 0 aliphatic rings. The lowest BCUT2D eigenvalue weighted by Crippen LogP contribution is -2.11. The molecule has 3 aromatic rings. The molecule has 4 nitrogen and oxygen atoms in total. The summed E-state index contributed by atoms with van der Waals surface area (Å²) < 4.78 is 83.5. The maximum Gasteiger partial charge on any atom is 0.416 e. The van der Waals surface area contributed by atoms with E-state index in [4.69, 9.17) is 4.74 Å². The van der Waals surface area contributed by atoms with Crippen LogP contribution >= 0.6 is 0 Å². The fourth-order valence-corrected chi connectivity index (χ4v) is 2.78. The minimum Gasteiger partial charge on any atom is -0.462 e. The quantitative estimate of drug-likeness (QED) is 0.398. The second-order valence-corrected chi connectivity index (χ2v) is 6.20. The van der Waals surface area contributed by atoms with E-state index in [9.17, 15) is 31.1 Å². The third-order valence-electron chi connectivity index (χ3n) is 4.15. The summed E-state index contributed by atoms with van der Waals surface area (Å²) in [6, 6.07) is 6.79. The second-order valence-electron chi connectivity index (χ2n) is 6.20. The van der Waals surface area contributed by atoms with Crippen LogP contribution < -0.4 is 5.32 Å². The molecular formula is C20H14F6N2O2. The monoisotopic (exact) mass is 428 g/mol. The molecule has 0 saturated heterocycles. The summed E-state index contributed by atoms with van der Waals surface area (Å²) in [5.41, 5.74) is -2.25. The number of rotatable bonds is 4. The van der Waals surface area contributed by atoms with Gasteiger partial charge in [0.15, 0.2) is 0 Å². The lowest BCUT2D eigenvalue weighted by Gasteiger charge is -2.16. The van der Waals surface area contributed by atoms with Crippen LogP contribution in [0.4, 0.5) is 37.7 Å². The largest absolute Gasteiger partial charge is 0.462 e. The van der Waals surface area contributed by atoms with Crippen LogP contribution in [0.15, 0.2) is 48.7 Å². The minimum atomic E-state index is -4.67. The third-order valence-corrected chi connectivity index (χ3v) is 4.15. The number of carbonyl (C=O) groups is 1. The zero-order valence-corrected chi connectivity index (χ0v) is 15.4. The minimum absolute atomic E-state index is 0.0114. The van der Waals surface area contributed by atoms with Crippen LogP contribution in [0.25, 0.3) is 10.9 Å². The molecular weight excluding hydrogens is 414 g/mol. The molecule has 1 N–H and O–H groups in total. The van der Waals surface area contributed by atoms with Crippen LogP contribution in [-0.2, 0) is 17.1 Å². The Morgan fingerprint density at radius 3 is 2.30 bits per heavy atom. The molecule has 0 saturated carbocycles. The highest BCUT2D eigenvalue weighted by Crippen LogP contribution is 2.37. The summed E-state index contributed by atoms with van der Waals surface area (Å²) in [7, 11) is 0. The Labute approximate surface area is 166 Å². The van der Waals surface area contributed by atoms with E-state index in [0.29, 0.717) is 0 Å². The highest BCUT2D eigenvalue weighted by atomic mass is 19.4. The van der Waals surface area contributed by atoms with E-state index in [1.54, 1.807) is 0 Å². The lowest BCUT2D eigenvalue weighted by molar-refractivity contribution is -0.138. The van der Waals surface area contributed by atoms with E-state index >= 15 is 0 Å². The smallest absolute Gasteiger partial charge is 0.416 e. The van der Waals surface area contributed by atoms with E-state index in [1.165, 1.54) is 13.0 Å². The number of benzene rings is 2. The third kappa shape index (κ3) is 4.47. The van der Waals surface area contributed by atoms with Crippen LogP contribution in [0, 0.1) is 0 Å². The summed E-state index contributed by atoms with van der Waals surface area (Å²) >= 11 is 0. The van der Waals surface area contributed by atoms with Crippen molar-refractivity contribution in [2.24, 2.45) is 0 Å². The number of esters is 1. The van der Waals surface area contributed by atoms with Gasteiger partial charge in [-0.05, 0) is 43.3 Å². The van der Waals surface area contributed by atoms with Crippen molar-refractivity contribution in [2.45, 2.75) is 19.3 Å². The summed E-state index contributed by atoms with van der Waals surface area (Å²) in [4.78, 5) is 16.3. The van der Waals surface area contributed by atoms with Crippen molar-refractivity contribution < 1.29 is 35.9 Å². The average molecular weight is 428 g/mol. The number of hydrogen-bond donors (Lipinski definition) is 1. The number of nitrogens with one attached hydrogen (secondary N) is 1. The number of fused-ring (bicyclic) bond motifs is 1. The Balaban J connectivity index is 2.20. The topological polar surface area (TPSA) is 51.2 Å². The van der Waals surface area contributed by atoms with Gasteiger partial charge in [-0.15, -0.1) is 0 Å². The fourth-order valence-electron chi connectivity index (χ4n) is 2.78. The van der Waals surface area contributed by atoms with Crippen molar-refractivity contribution in [3.05, 3.63) is 65.4 Å². The number of nitrogens with zero attached hydrogens (tertiary/aromatic N) is 1. The lowest BCUT2D eigenvalue weighted by atomic mass is 10.1. The van der Waals surface area contributed by atoms with Crippen molar-refractivity contribution in [2.75, 3.05) is 11.9 Å². The van der Waals surface area contributed by atoms with Crippen LogP contribution in [0.3, 0.4) is 0 Å². The predicted molar refractivity (Wildman–Crippen MR) is 97.4 cm³/mol. The molecule has 0 aliphatic carbocycles. The Morgan fingerprint density at radius 1 is 1.00 bits per heavy atom. The molecule has 10 heteroatoms. The van der Waals surface area contributed by atoms with Crippen LogP contribution in [0.5, 0.6) is 0 Å². The molecule has 0 aliphatic heterocycles. The highest BCUT2D eigenvalue weighted by Gasteiger charge is 2.32. The number of ether oxygens (including phenoxy) is 1. The highest BCUT2D eigenvalue weighted by molar-refractivity contribution is 6.06. The fraction of sp³-hybridized carbons (Fsp3) is 0.200. The molecule has 158 valence electrons. The number of anilines is 2. The SMILES string of the molecule is CCOC(=O)c1cnc2ccc(C(F)(F)F)cc2c1Nc1cccc(C(F)(F)F)c1. The first-order chi connectivity index (χ1) is 14.0. The molecule has 1 heterocycles. The molecule has 0 bridgehead atoms. The first-order valence-electron chi connectivity index (χ1n) is 8.62. The summed E-state index contributed by atoms with van der Waals surface area (Å²) in [6.07, 6.45) is -8.18. The van der Waals surface area contributed by atoms with E-state index < -0.39 is 29.4 Å². The van der Waals surface area contributed by atoms with Crippen molar-refractivity contribution in [1.82, 2.24) is 4.98 Å². The molecule has 0 unspecified atom stereocenters. The van der Waals surface area contributed by atoms with Gasteiger partial charge in [0.1, 0.15) is 5.56 Å². The number of aromatic nitrogens is 1. The molecule has 2 aromatic carbocycles. The Morgan fingerprint density at radius 2 is 1.67 bits per heavy atom. The molecule has 0 spiro atoms. The van der Waals surface area contributed by atoms with Crippen molar-refractivity contribution in [3.63, 3.8) is 0 Å². The summed E-state index contributed by atoms with van der Waals surface area (Å²) in [5.74, 6) is -0.876. The van der Waals surface area contributed by atoms with Crippen LogP contribution in [0.1, 0.15) is 28.4 Å². The number of hydrogen-bond acceptors (Lipinski definition) is 4. The molecule has 0 fully saturated rings. The molecule has 1 aromatic heterocycles. The van der Waals surface area contributed by atoms with E-state index in [-0.39, 0.29) is 34.4 Å². The van der Waals surface area contributed by atoms with Gasteiger partial charge >= 0.3 is 18.3 Å². The van der Waals surface area contributed by atoms with Crippen molar-refractivity contribution in [1.29, 1.82) is 0 Å². The van der Waals surface area contributed by atoms with Gasteiger partial charge in [-0.3, -0.25) is 4.98 Å². The first kappa shape index (κ1) is 21.4. The Kier molecular flexibility index (Phi) is 5.60. The standard InChI is InChI=1S/C20H14F6N2O2/c1-2-30-18(29)15-10-27-16-7-6-12(20(24,25)26)9-14(16)17(15)28-13-5-3-4-11(8-13)19(21,22)23/h3-10H,2H2,1H3,(H,27,28). The maximum atomic E-state index is 13.2. The zero-order chi connectivity index (χ0) is 22.1. The van der Waals surface area contributed by atoms with Gasteiger partial charge in [-0.25, -0.2) is 4.79 Å². The maximum absolute atomic E-state index is 13.2. The molecule has 3 rings (SSSR count). The van der Waals surface area contributed by atoms with Gasteiger partial charge in [0.2, 0.25) is 0 Å². The normalized spacial score (nSPS) is 12.1. The van der Waals surface area contributed by atoms with Crippen LogP contribution in [0.2, 0.25) is 0 Å². The van der Waals surface area contributed by atoms with Crippen molar-refractivity contribution in [3.8, 4) is 0 Å². The Bertz CT molecular complexity index is 1090. The van der Waals surface area contributed by atoms with E-state index in [1.807, 2.05) is 0 Å².